The normalized spacial score (nSPS) is 11.7. The maximum atomic E-state index is 11.8. The molecule has 0 saturated heterocycles. The fraction of sp³-hybridized carbons (Fsp3) is 0.182. The molecule has 0 unspecified atom stereocenters. The minimum Gasteiger partial charge on any atom is -0.481 e. The van der Waals surface area contributed by atoms with Gasteiger partial charge in [-0.1, -0.05) is 11.6 Å². The molecule has 0 spiro atoms. The SMILES string of the molecule is O=C(O)C[C@H](NC(=O)c1ccc(I)c(Cl)c1)C(=O)O. The summed E-state index contributed by atoms with van der Waals surface area (Å²) in [4.78, 5) is 33.1. The quantitative estimate of drug-likeness (QED) is 0.655. The van der Waals surface area contributed by atoms with Crippen LogP contribution in [0.15, 0.2) is 18.2 Å². The zero-order valence-corrected chi connectivity index (χ0v) is 12.3. The second-order valence-electron chi connectivity index (χ2n) is 3.59. The Labute approximate surface area is 126 Å². The zero-order chi connectivity index (χ0) is 14.6. The van der Waals surface area contributed by atoms with E-state index in [9.17, 15) is 14.4 Å². The summed E-state index contributed by atoms with van der Waals surface area (Å²) in [5, 5.41) is 19.9. The van der Waals surface area contributed by atoms with Gasteiger partial charge in [0.2, 0.25) is 0 Å². The van der Waals surface area contributed by atoms with E-state index >= 15 is 0 Å². The third-order valence-electron chi connectivity index (χ3n) is 2.16. The lowest BCUT2D eigenvalue weighted by Crippen LogP contribution is -2.42. The molecule has 0 aliphatic heterocycles. The van der Waals surface area contributed by atoms with Gasteiger partial charge < -0.3 is 15.5 Å². The van der Waals surface area contributed by atoms with Crippen LogP contribution in [-0.4, -0.2) is 34.1 Å². The van der Waals surface area contributed by atoms with Gasteiger partial charge in [0.1, 0.15) is 6.04 Å². The number of aliphatic carboxylic acids is 2. The van der Waals surface area contributed by atoms with E-state index < -0.39 is 30.3 Å². The van der Waals surface area contributed by atoms with Crippen molar-refractivity contribution in [1.29, 1.82) is 0 Å². The van der Waals surface area contributed by atoms with E-state index in [0.29, 0.717) is 5.02 Å². The second-order valence-corrected chi connectivity index (χ2v) is 5.16. The molecule has 102 valence electrons. The number of carboxylic acids is 2. The zero-order valence-electron chi connectivity index (χ0n) is 9.39. The van der Waals surface area contributed by atoms with Crippen LogP contribution in [-0.2, 0) is 9.59 Å². The number of hydrogen-bond acceptors (Lipinski definition) is 3. The Morgan fingerprint density at radius 1 is 1.32 bits per heavy atom. The van der Waals surface area contributed by atoms with Crippen LogP contribution in [0.1, 0.15) is 16.8 Å². The summed E-state index contributed by atoms with van der Waals surface area (Å²) in [6.45, 7) is 0. The van der Waals surface area contributed by atoms with Gasteiger partial charge in [0, 0.05) is 9.13 Å². The maximum Gasteiger partial charge on any atom is 0.326 e. The first-order valence-corrected chi connectivity index (χ1v) is 6.47. The van der Waals surface area contributed by atoms with Gasteiger partial charge in [-0.2, -0.15) is 0 Å². The summed E-state index contributed by atoms with van der Waals surface area (Å²) < 4.78 is 0.746. The molecule has 0 heterocycles. The van der Waals surface area contributed by atoms with E-state index in [1.54, 1.807) is 6.07 Å². The van der Waals surface area contributed by atoms with E-state index in [1.807, 2.05) is 22.6 Å². The van der Waals surface area contributed by atoms with E-state index in [-0.39, 0.29) is 5.56 Å². The second kappa shape index (κ2) is 6.71. The Hall–Kier alpha value is -1.35. The van der Waals surface area contributed by atoms with Gasteiger partial charge in [-0.05, 0) is 40.8 Å². The van der Waals surface area contributed by atoms with Crippen LogP contribution in [0.4, 0.5) is 0 Å². The largest absolute Gasteiger partial charge is 0.481 e. The Bertz CT molecular complexity index is 534. The standard InChI is InChI=1S/C11H9ClINO5/c12-6-3-5(1-2-7(6)13)10(17)14-8(11(18)19)4-9(15)16/h1-3,8H,4H2,(H,14,17)(H,15,16)(H,18,19)/t8-/m0/s1. The number of nitrogens with one attached hydrogen (secondary N) is 1. The number of hydrogen-bond donors (Lipinski definition) is 3. The molecule has 6 nitrogen and oxygen atoms in total. The van der Waals surface area contributed by atoms with Crippen LogP contribution < -0.4 is 5.32 Å². The summed E-state index contributed by atoms with van der Waals surface area (Å²) in [5.74, 6) is -3.41. The third-order valence-corrected chi connectivity index (χ3v) is 3.74. The summed E-state index contributed by atoms with van der Waals surface area (Å²) in [5.41, 5.74) is 0.169. The van der Waals surface area contributed by atoms with Gasteiger partial charge in [0.15, 0.2) is 0 Å². The lowest BCUT2D eigenvalue weighted by atomic mass is 10.1. The van der Waals surface area contributed by atoms with E-state index in [0.717, 1.165) is 3.57 Å². The highest BCUT2D eigenvalue weighted by Crippen LogP contribution is 2.19. The number of amides is 1. The van der Waals surface area contributed by atoms with Gasteiger partial charge in [0.05, 0.1) is 11.4 Å². The Balaban J connectivity index is 2.84. The fourth-order valence-corrected chi connectivity index (χ4v) is 1.77. The molecule has 19 heavy (non-hydrogen) atoms. The molecule has 1 aromatic rings. The first-order valence-electron chi connectivity index (χ1n) is 5.01. The van der Waals surface area contributed by atoms with Crippen molar-refractivity contribution in [3.8, 4) is 0 Å². The average Bonchev–Trinajstić information content (AvgIpc) is 2.31. The van der Waals surface area contributed by atoms with Gasteiger partial charge in [0.25, 0.3) is 5.91 Å². The van der Waals surface area contributed by atoms with Crippen LogP contribution in [0.3, 0.4) is 0 Å². The monoisotopic (exact) mass is 397 g/mol. The van der Waals surface area contributed by atoms with Crippen molar-refractivity contribution < 1.29 is 24.6 Å². The minimum atomic E-state index is -1.48. The molecule has 1 aromatic carbocycles. The molecule has 8 heteroatoms. The first kappa shape index (κ1) is 15.7. The predicted molar refractivity (Wildman–Crippen MR) is 75.3 cm³/mol. The van der Waals surface area contributed by atoms with E-state index in [2.05, 4.69) is 5.32 Å². The highest BCUT2D eigenvalue weighted by molar-refractivity contribution is 14.1. The number of halogens is 2. The van der Waals surface area contributed by atoms with Gasteiger partial charge in [-0.3, -0.25) is 9.59 Å². The molecule has 1 rings (SSSR count). The Kier molecular flexibility index (Phi) is 5.55. The molecule has 0 aromatic heterocycles. The molecule has 0 bridgehead atoms. The molecule has 0 aliphatic rings. The molecule has 1 atom stereocenters. The van der Waals surface area contributed by atoms with Crippen LogP contribution in [0.25, 0.3) is 0 Å². The van der Waals surface area contributed by atoms with Gasteiger partial charge in [-0.25, -0.2) is 4.79 Å². The summed E-state index contributed by atoms with van der Waals surface area (Å²) in [6.07, 6.45) is -0.695. The van der Waals surface area contributed by atoms with Gasteiger partial charge >= 0.3 is 11.9 Å². The smallest absolute Gasteiger partial charge is 0.326 e. The minimum absolute atomic E-state index is 0.169. The highest BCUT2D eigenvalue weighted by atomic mass is 127. The van der Waals surface area contributed by atoms with Crippen molar-refractivity contribution in [1.82, 2.24) is 5.32 Å². The van der Waals surface area contributed by atoms with Crippen molar-refractivity contribution in [2.75, 3.05) is 0 Å². The number of carboxylic acid groups (broad SMARTS) is 2. The Morgan fingerprint density at radius 2 is 1.95 bits per heavy atom. The molecule has 0 saturated carbocycles. The molecular weight excluding hydrogens is 388 g/mol. The fourth-order valence-electron chi connectivity index (χ4n) is 1.25. The van der Waals surface area contributed by atoms with Crippen LogP contribution in [0, 0.1) is 3.57 Å². The van der Waals surface area contributed by atoms with Crippen molar-refractivity contribution in [2.24, 2.45) is 0 Å². The molecule has 0 fully saturated rings. The lowest BCUT2D eigenvalue weighted by molar-refractivity contribution is -0.145. The lowest BCUT2D eigenvalue weighted by Gasteiger charge is -2.12. The third kappa shape index (κ3) is 4.67. The van der Waals surface area contributed by atoms with Crippen LogP contribution >= 0.6 is 34.2 Å². The van der Waals surface area contributed by atoms with Crippen molar-refractivity contribution in [2.45, 2.75) is 12.5 Å². The van der Waals surface area contributed by atoms with E-state index in [1.165, 1.54) is 12.1 Å². The molecule has 1 amide bonds. The van der Waals surface area contributed by atoms with Gasteiger partial charge in [-0.15, -0.1) is 0 Å². The van der Waals surface area contributed by atoms with Crippen LogP contribution in [0.5, 0.6) is 0 Å². The van der Waals surface area contributed by atoms with Crippen LogP contribution in [0.2, 0.25) is 5.02 Å². The number of carbonyl (C=O) groups excluding carboxylic acids is 1. The average molecular weight is 398 g/mol. The molecule has 0 aliphatic carbocycles. The molecular formula is C11H9ClINO5. The maximum absolute atomic E-state index is 11.8. The van der Waals surface area contributed by atoms with E-state index in [4.69, 9.17) is 21.8 Å². The number of rotatable bonds is 5. The summed E-state index contributed by atoms with van der Waals surface area (Å²) in [6, 6.07) is 2.98. The highest BCUT2D eigenvalue weighted by Gasteiger charge is 2.23. The molecule has 0 radical (unpaired) electrons. The number of carbonyl (C=O) groups is 3. The van der Waals surface area contributed by atoms with Crippen molar-refractivity contribution >= 4 is 52.0 Å². The predicted octanol–water partition coefficient (Wildman–Crippen LogP) is 1.60. The van der Waals surface area contributed by atoms with Crippen molar-refractivity contribution in [3.05, 3.63) is 32.4 Å². The number of benzene rings is 1. The van der Waals surface area contributed by atoms with Crippen molar-refractivity contribution in [3.63, 3.8) is 0 Å². The summed E-state index contributed by atoms with van der Waals surface area (Å²) in [7, 11) is 0. The topological polar surface area (TPSA) is 104 Å². The molecule has 3 N–H and O–H groups in total. The first-order chi connectivity index (χ1) is 8.81. The summed E-state index contributed by atoms with van der Waals surface area (Å²) >= 11 is 7.82. The Morgan fingerprint density at radius 3 is 2.42 bits per heavy atom.